The zero-order valence-corrected chi connectivity index (χ0v) is 12.3. The molecule has 0 aliphatic rings. The maximum Gasteiger partial charge on any atom is 0.281 e. The summed E-state index contributed by atoms with van der Waals surface area (Å²) in [4.78, 5) is 3.92. The van der Waals surface area contributed by atoms with E-state index in [4.69, 9.17) is 11.6 Å². The zero-order valence-electron chi connectivity index (χ0n) is 9.13. The Morgan fingerprint density at radius 3 is 2.78 bits per heavy atom. The predicted octanol–water partition coefficient (Wildman–Crippen LogP) is 2.03. The summed E-state index contributed by atoms with van der Waals surface area (Å²) >= 11 is 9.01. The first-order chi connectivity index (χ1) is 8.42. The molecule has 2 aromatic rings. The number of halogens is 2. The molecule has 0 aliphatic heterocycles. The summed E-state index contributed by atoms with van der Waals surface area (Å²) in [6, 6.07) is 3.36. The van der Waals surface area contributed by atoms with Gasteiger partial charge in [0, 0.05) is 13.2 Å². The fraction of sp³-hybridized carbons (Fsp3) is 0.111. The van der Waals surface area contributed by atoms with Gasteiger partial charge in [-0.3, -0.25) is 9.40 Å². The summed E-state index contributed by atoms with van der Waals surface area (Å²) in [6.07, 6.45) is 2.75. The third kappa shape index (κ3) is 2.50. The first-order valence-corrected chi connectivity index (χ1v) is 7.38. The van der Waals surface area contributed by atoms with E-state index in [-0.39, 0.29) is 15.9 Å². The number of aryl methyl sites for hydroxylation is 1. The lowest BCUT2D eigenvalue weighted by Crippen LogP contribution is -2.18. The average Bonchev–Trinajstić information content (AvgIpc) is 2.62. The second kappa shape index (κ2) is 4.87. The van der Waals surface area contributed by atoms with Gasteiger partial charge in [-0.2, -0.15) is 13.5 Å². The summed E-state index contributed by atoms with van der Waals surface area (Å²) < 4.78 is 28.3. The Bertz CT molecular complexity index is 666. The van der Waals surface area contributed by atoms with Crippen LogP contribution in [0, 0.1) is 0 Å². The van der Waals surface area contributed by atoms with Gasteiger partial charge in [-0.15, -0.1) is 0 Å². The number of anilines is 1. The van der Waals surface area contributed by atoms with Gasteiger partial charge in [0.25, 0.3) is 10.0 Å². The van der Waals surface area contributed by atoms with Crippen molar-refractivity contribution in [3.8, 4) is 0 Å². The fourth-order valence-corrected chi connectivity index (χ4v) is 3.51. The lowest BCUT2D eigenvalue weighted by Gasteiger charge is -2.08. The molecule has 2 rings (SSSR count). The van der Waals surface area contributed by atoms with Crippen LogP contribution in [0.15, 0.2) is 34.0 Å². The van der Waals surface area contributed by atoms with Gasteiger partial charge in [0.15, 0.2) is 10.8 Å². The highest BCUT2D eigenvalue weighted by atomic mass is 79.9. The quantitative estimate of drug-likeness (QED) is 0.918. The summed E-state index contributed by atoms with van der Waals surface area (Å²) in [6.45, 7) is 0. The Kier molecular flexibility index (Phi) is 3.60. The zero-order chi connectivity index (χ0) is 13.3. The van der Waals surface area contributed by atoms with E-state index in [0.717, 1.165) is 0 Å². The van der Waals surface area contributed by atoms with Crippen LogP contribution in [-0.2, 0) is 17.1 Å². The number of hydrogen-bond acceptors (Lipinski definition) is 4. The van der Waals surface area contributed by atoms with Gasteiger partial charge in [0.1, 0.15) is 0 Å². The van der Waals surface area contributed by atoms with Crippen LogP contribution in [0.5, 0.6) is 0 Å². The fourth-order valence-electron chi connectivity index (χ4n) is 1.34. The number of aromatic nitrogens is 3. The maximum atomic E-state index is 12.1. The molecular weight excluding hydrogens is 344 g/mol. The average molecular weight is 352 g/mol. The Hall–Kier alpha value is -1.12. The van der Waals surface area contributed by atoms with Crippen LogP contribution in [0.3, 0.4) is 0 Å². The molecule has 6 nitrogen and oxygen atoms in total. The summed E-state index contributed by atoms with van der Waals surface area (Å²) in [5.41, 5.74) is 0. The minimum absolute atomic E-state index is 0.0528. The van der Waals surface area contributed by atoms with Crippen molar-refractivity contribution in [2.75, 3.05) is 4.72 Å². The van der Waals surface area contributed by atoms with E-state index in [2.05, 4.69) is 30.7 Å². The first kappa shape index (κ1) is 13.3. The third-order valence-corrected chi connectivity index (χ3v) is 4.57. The Labute approximate surface area is 117 Å². The largest absolute Gasteiger partial charge is 0.281 e. The topological polar surface area (TPSA) is 76.9 Å². The molecule has 0 saturated heterocycles. The van der Waals surface area contributed by atoms with Crippen LogP contribution in [0.4, 0.5) is 5.82 Å². The highest BCUT2D eigenvalue weighted by molar-refractivity contribution is 9.10. The first-order valence-electron chi connectivity index (χ1n) is 4.72. The second-order valence-corrected chi connectivity index (χ2v) is 6.22. The van der Waals surface area contributed by atoms with Crippen molar-refractivity contribution in [1.29, 1.82) is 0 Å². The van der Waals surface area contributed by atoms with Crippen LogP contribution in [0.2, 0.25) is 5.02 Å². The molecule has 2 aromatic heterocycles. The number of hydrogen-bond donors (Lipinski definition) is 1. The van der Waals surface area contributed by atoms with E-state index in [9.17, 15) is 8.42 Å². The molecule has 0 amide bonds. The highest BCUT2D eigenvalue weighted by Gasteiger charge is 2.23. The molecule has 0 unspecified atom stereocenters. The van der Waals surface area contributed by atoms with Crippen molar-refractivity contribution in [1.82, 2.24) is 14.8 Å². The molecule has 9 heteroatoms. The number of rotatable bonds is 3. The monoisotopic (exact) mass is 350 g/mol. The molecule has 0 aromatic carbocycles. The normalized spacial score (nSPS) is 11.5. The minimum atomic E-state index is -3.83. The van der Waals surface area contributed by atoms with E-state index >= 15 is 0 Å². The molecular formula is C9H8BrClN4O2S. The van der Waals surface area contributed by atoms with Crippen LogP contribution < -0.4 is 4.72 Å². The van der Waals surface area contributed by atoms with Gasteiger partial charge in [0.2, 0.25) is 0 Å². The van der Waals surface area contributed by atoms with Crippen LogP contribution in [0.1, 0.15) is 0 Å². The van der Waals surface area contributed by atoms with Gasteiger partial charge < -0.3 is 0 Å². The number of sulfonamides is 1. The Morgan fingerprint density at radius 2 is 2.22 bits per heavy atom. The SMILES string of the molecule is Cn1ncc(Cl)c1S(=O)(=O)Nc1ncccc1Br. The number of nitrogens with one attached hydrogen (secondary N) is 1. The van der Waals surface area contributed by atoms with Crippen molar-refractivity contribution >= 4 is 43.4 Å². The van der Waals surface area contributed by atoms with Gasteiger partial charge in [-0.25, -0.2) is 4.98 Å². The lowest BCUT2D eigenvalue weighted by molar-refractivity contribution is 0.582. The molecule has 0 aliphatic carbocycles. The third-order valence-electron chi connectivity index (χ3n) is 2.09. The summed E-state index contributed by atoms with van der Waals surface area (Å²) in [5, 5.41) is 3.72. The van der Waals surface area contributed by atoms with Crippen molar-refractivity contribution in [3.63, 3.8) is 0 Å². The molecule has 0 spiro atoms. The maximum absolute atomic E-state index is 12.1. The molecule has 18 heavy (non-hydrogen) atoms. The second-order valence-electron chi connectivity index (χ2n) is 3.36. The lowest BCUT2D eigenvalue weighted by atomic mass is 10.5. The molecule has 2 heterocycles. The van der Waals surface area contributed by atoms with E-state index in [0.29, 0.717) is 4.47 Å². The molecule has 0 saturated carbocycles. The molecule has 1 N–H and O–H groups in total. The highest BCUT2D eigenvalue weighted by Crippen LogP contribution is 2.25. The van der Waals surface area contributed by atoms with Crippen LogP contribution in [0.25, 0.3) is 0 Å². The standard InChI is InChI=1S/C9H8BrClN4O2S/c1-15-9(7(11)5-13-15)18(16,17)14-8-6(10)3-2-4-12-8/h2-5H,1H3,(H,12,14). The van der Waals surface area contributed by atoms with Crippen LogP contribution >= 0.6 is 27.5 Å². The molecule has 0 radical (unpaired) electrons. The van der Waals surface area contributed by atoms with E-state index in [1.165, 1.54) is 24.1 Å². The Morgan fingerprint density at radius 1 is 1.50 bits per heavy atom. The molecule has 0 fully saturated rings. The van der Waals surface area contributed by atoms with E-state index in [1.54, 1.807) is 12.1 Å². The van der Waals surface area contributed by atoms with Crippen LogP contribution in [-0.4, -0.2) is 23.2 Å². The minimum Gasteiger partial charge on any atom is -0.261 e. The van der Waals surface area contributed by atoms with Crippen molar-refractivity contribution in [3.05, 3.63) is 34.0 Å². The summed E-state index contributed by atoms with van der Waals surface area (Å²) in [7, 11) is -2.33. The van der Waals surface area contributed by atoms with Crippen molar-refractivity contribution < 1.29 is 8.42 Å². The van der Waals surface area contributed by atoms with Gasteiger partial charge in [-0.1, -0.05) is 11.6 Å². The Balaban J connectivity index is 2.43. The predicted molar refractivity (Wildman–Crippen MR) is 71.0 cm³/mol. The van der Waals surface area contributed by atoms with Gasteiger partial charge >= 0.3 is 0 Å². The number of pyridine rings is 1. The smallest absolute Gasteiger partial charge is 0.261 e. The van der Waals surface area contributed by atoms with Crippen molar-refractivity contribution in [2.24, 2.45) is 7.05 Å². The van der Waals surface area contributed by atoms with E-state index < -0.39 is 10.0 Å². The molecule has 0 bridgehead atoms. The van der Waals surface area contributed by atoms with E-state index in [1.807, 2.05) is 0 Å². The molecule has 0 atom stereocenters. The summed E-state index contributed by atoms with van der Waals surface area (Å²) in [5.74, 6) is 0.190. The van der Waals surface area contributed by atoms with Gasteiger partial charge in [0.05, 0.1) is 15.7 Å². The van der Waals surface area contributed by atoms with Gasteiger partial charge in [-0.05, 0) is 28.1 Å². The molecule has 96 valence electrons. The number of nitrogens with zero attached hydrogens (tertiary/aromatic N) is 3. The van der Waals surface area contributed by atoms with Crippen molar-refractivity contribution in [2.45, 2.75) is 5.03 Å².